The molecule has 36 heavy (non-hydrogen) atoms. The number of anilines is 3. The third-order valence-electron chi connectivity index (χ3n) is 6.27. The molecule has 3 N–H and O–H groups in total. The van der Waals surface area contributed by atoms with E-state index in [1.807, 2.05) is 30.3 Å². The van der Waals surface area contributed by atoms with Gasteiger partial charge in [-0.05, 0) is 67.9 Å². The van der Waals surface area contributed by atoms with Crippen molar-refractivity contribution in [1.82, 2.24) is 15.3 Å². The first-order valence-electron chi connectivity index (χ1n) is 12.1. The van der Waals surface area contributed by atoms with Crippen molar-refractivity contribution in [2.75, 3.05) is 35.2 Å². The van der Waals surface area contributed by atoms with Crippen LogP contribution in [0.15, 0.2) is 66.7 Å². The Kier molecular flexibility index (Phi) is 6.77. The van der Waals surface area contributed by atoms with Crippen LogP contribution in [0.1, 0.15) is 28.4 Å². The Hall–Kier alpha value is -4.04. The first-order chi connectivity index (χ1) is 17.4. The second-order valence-electron chi connectivity index (χ2n) is 9.21. The molecule has 1 aliphatic rings. The third-order valence-corrected chi connectivity index (χ3v) is 6.27. The lowest BCUT2D eigenvalue weighted by molar-refractivity contribution is 0.102. The Bertz CT molecular complexity index is 1370. The van der Waals surface area contributed by atoms with E-state index in [-0.39, 0.29) is 11.7 Å². The van der Waals surface area contributed by atoms with Gasteiger partial charge in [0.2, 0.25) is 5.95 Å². The van der Waals surface area contributed by atoms with Crippen molar-refractivity contribution in [2.45, 2.75) is 26.4 Å². The monoisotopic (exact) mass is 484 g/mol. The molecule has 184 valence electrons. The fourth-order valence-electron chi connectivity index (χ4n) is 4.32. The predicted molar refractivity (Wildman–Crippen MR) is 142 cm³/mol. The maximum absolute atomic E-state index is 13.1. The molecule has 7 nitrogen and oxygen atoms in total. The Morgan fingerprint density at radius 1 is 1.08 bits per heavy atom. The SMILES string of the molecule is Cc1ccc2nc(N3CCN[C@@H](C)C3)nc(NCc3ccc(NC(=O)c4ccc(F)cc4)cc3)c2c1. The summed E-state index contributed by atoms with van der Waals surface area (Å²) in [5, 5.41) is 10.8. The highest BCUT2D eigenvalue weighted by molar-refractivity contribution is 6.04. The van der Waals surface area contributed by atoms with Crippen LogP contribution in [0, 0.1) is 12.7 Å². The van der Waals surface area contributed by atoms with Crippen molar-refractivity contribution in [3.63, 3.8) is 0 Å². The van der Waals surface area contributed by atoms with Gasteiger partial charge in [-0.1, -0.05) is 23.8 Å². The van der Waals surface area contributed by atoms with Gasteiger partial charge in [0, 0.05) is 48.9 Å². The van der Waals surface area contributed by atoms with Gasteiger partial charge in [0.1, 0.15) is 11.6 Å². The number of piperazine rings is 1. The van der Waals surface area contributed by atoms with Gasteiger partial charge in [-0.25, -0.2) is 9.37 Å². The Balaban J connectivity index is 1.31. The van der Waals surface area contributed by atoms with E-state index >= 15 is 0 Å². The first-order valence-corrected chi connectivity index (χ1v) is 12.1. The summed E-state index contributed by atoms with van der Waals surface area (Å²) in [5.41, 5.74) is 4.19. The first kappa shape index (κ1) is 23.7. The molecule has 0 bridgehead atoms. The second-order valence-corrected chi connectivity index (χ2v) is 9.21. The van der Waals surface area contributed by atoms with Gasteiger partial charge in [-0.2, -0.15) is 4.98 Å². The molecule has 1 amide bonds. The number of hydrogen-bond donors (Lipinski definition) is 3. The average Bonchev–Trinajstić information content (AvgIpc) is 2.88. The topological polar surface area (TPSA) is 82.2 Å². The normalized spacial score (nSPS) is 15.6. The van der Waals surface area contributed by atoms with Gasteiger partial charge in [0.25, 0.3) is 5.91 Å². The molecule has 3 aromatic carbocycles. The van der Waals surface area contributed by atoms with Crippen LogP contribution < -0.4 is 20.9 Å². The Morgan fingerprint density at radius 3 is 2.61 bits per heavy atom. The van der Waals surface area contributed by atoms with E-state index in [0.29, 0.717) is 23.8 Å². The van der Waals surface area contributed by atoms with E-state index in [0.717, 1.165) is 53.4 Å². The van der Waals surface area contributed by atoms with Gasteiger partial charge in [-0.3, -0.25) is 4.79 Å². The summed E-state index contributed by atoms with van der Waals surface area (Å²) >= 11 is 0. The van der Waals surface area contributed by atoms with Crippen LogP contribution in [0.5, 0.6) is 0 Å². The standard InChI is InChI=1S/C28H29FN6O/c1-18-3-12-25-24(15-18)26(34-28(33-25)35-14-13-30-19(2)17-35)31-16-20-4-10-23(11-5-20)32-27(36)21-6-8-22(29)9-7-21/h3-12,15,19,30H,13-14,16-17H2,1-2H3,(H,32,36)(H,31,33,34)/t19-/m0/s1. The van der Waals surface area contributed by atoms with Crippen LogP contribution >= 0.6 is 0 Å². The van der Waals surface area contributed by atoms with Crippen LogP contribution in [0.25, 0.3) is 10.9 Å². The van der Waals surface area contributed by atoms with Crippen LogP contribution in [0.4, 0.5) is 21.8 Å². The molecule has 1 atom stereocenters. The smallest absolute Gasteiger partial charge is 0.255 e. The van der Waals surface area contributed by atoms with Crippen molar-refractivity contribution in [2.24, 2.45) is 0 Å². The molecule has 0 unspecified atom stereocenters. The second kappa shape index (κ2) is 10.3. The van der Waals surface area contributed by atoms with Crippen LogP contribution in [-0.2, 0) is 6.54 Å². The van der Waals surface area contributed by atoms with Crippen LogP contribution in [0.3, 0.4) is 0 Å². The number of benzene rings is 3. The summed E-state index contributed by atoms with van der Waals surface area (Å²) in [6.07, 6.45) is 0. The lowest BCUT2D eigenvalue weighted by atomic mass is 10.1. The van der Waals surface area contributed by atoms with E-state index in [2.05, 4.69) is 46.8 Å². The highest BCUT2D eigenvalue weighted by atomic mass is 19.1. The van der Waals surface area contributed by atoms with Gasteiger partial charge >= 0.3 is 0 Å². The van der Waals surface area contributed by atoms with Crippen molar-refractivity contribution >= 4 is 34.3 Å². The molecule has 1 saturated heterocycles. The number of fused-ring (bicyclic) bond motifs is 1. The number of aromatic nitrogens is 2. The van der Waals surface area contributed by atoms with Crippen LogP contribution in [0.2, 0.25) is 0 Å². The molecule has 0 radical (unpaired) electrons. The van der Waals surface area contributed by atoms with Crippen molar-refractivity contribution in [3.05, 3.63) is 89.2 Å². The predicted octanol–water partition coefficient (Wildman–Crippen LogP) is 4.74. The number of aryl methyl sites for hydroxylation is 1. The van der Waals surface area contributed by atoms with Crippen LogP contribution in [-0.4, -0.2) is 41.6 Å². The third kappa shape index (κ3) is 5.44. The van der Waals surface area contributed by atoms with Gasteiger partial charge < -0.3 is 20.9 Å². The lowest BCUT2D eigenvalue weighted by Gasteiger charge is -2.32. The molecule has 0 aliphatic carbocycles. The molecule has 5 rings (SSSR count). The summed E-state index contributed by atoms with van der Waals surface area (Å²) < 4.78 is 13.1. The van der Waals surface area contributed by atoms with E-state index in [9.17, 15) is 9.18 Å². The summed E-state index contributed by atoms with van der Waals surface area (Å²) in [6, 6.07) is 19.7. The minimum atomic E-state index is -0.371. The maximum Gasteiger partial charge on any atom is 0.255 e. The summed E-state index contributed by atoms with van der Waals surface area (Å²) in [5.74, 6) is 0.891. The number of nitrogens with zero attached hydrogens (tertiary/aromatic N) is 3. The zero-order valence-corrected chi connectivity index (χ0v) is 20.4. The molecule has 2 heterocycles. The van der Waals surface area contributed by atoms with E-state index < -0.39 is 0 Å². The summed E-state index contributed by atoms with van der Waals surface area (Å²) in [4.78, 5) is 24.4. The number of carbonyl (C=O) groups excluding carboxylic acids is 1. The molecular weight excluding hydrogens is 455 g/mol. The number of nitrogens with one attached hydrogen (secondary N) is 3. The highest BCUT2D eigenvalue weighted by Crippen LogP contribution is 2.26. The Labute approximate surface area is 209 Å². The van der Waals surface area contributed by atoms with Crippen molar-refractivity contribution in [1.29, 1.82) is 0 Å². The number of carbonyl (C=O) groups is 1. The minimum absolute atomic E-state index is 0.279. The van der Waals surface area contributed by atoms with Gasteiger partial charge in [0.15, 0.2) is 0 Å². The van der Waals surface area contributed by atoms with Gasteiger partial charge in [-0.15, -0.1) is 0 Å². The molecule has 1 fully saturated rings. The Morgan fingerprint density at radius 2 is 1.86 bits per heavy atom. The molecular formula is C28H29FN6O. The number of amides is 1. The fraction of sp³-hybridized carbons (Fsp3) is 0.250. The van der Waals surface area contributed by atoms with E-state index in [1.165, 1.54) is 24.3 Å². The molecule has 0 spiro atoms. The van der Waals surface area contributed by atoms with E-state index in [4.69, 9.17) is 9.97 Å². The zero-order valence-electron chi connectivity index (χ0n) is 20.4. The molecule has 1 aliphatic heterocycles. The molecule has 0 saturated carbocycles. The average molecular weight is 485 g/mol. The zero-order chi connectivity index (χ0) is 25.1. The van der Waals surface area contributed by atoms with E-state index in [1.54, 1.807) is 0 Å². The largest absolute Gasteiger partial charge is 0.365 e. The van der Waals surface area contributed by atoms with Gasteiger partial charge in [0.05, 0.1) is 5.52 Å². The van der Waals surface area contributed by atoms with Crippen molar-refractivity contribution in [3.8, 4) is 0 Å². The summed E-state index contributed by atoms with van der Waals surface area (Å²) in [6.45, 7) is 7.44. The number of rotatable bonds is 6. The molecule has 1 aromatic heterocycles. The number of halogens is 1. The lowest BCUT2D eigenvalue weighted by Crippen LogP contribution is -2.49. The number of hydrogen-bond acceptors (Lipinski definition) is 6. The maximum atomic E-state index is 13.1. The quantitative estimate of drug-likeness (QED) is 0.367. The molecule has 4 aromatic rings. The highest BCUT2D eigenvalue weighted by Gasteiger charge is 2.20. The minimum Gasteiger partial charge on any atom is -0.365 e. The van der Waals surface area contributed by atoms with Crippen molar-refractivity contribution < 1.29 is 9.18 Å². The molecule has 8 heteroatoms. The fourth-order valence-corrected chi connectivity index (χ4v) is 4.32. The summed E-state index contributed by atoms with van der Waals surface area (Å²) in [7, 11) is 0.